The number of anilines is 2. The van der Waals surface area contributed by atoms with Gasteiger partial charge in [0, 0.05) is 34.3 Å². The van der Waals surface area contributed by atoms with Crippen LogP contribution in [0.25, 0.3) is 11.0 Å². The Kier molecular flexibility index (Phi) is 4.31. The maximum atomic E-state index is 12.8. The van der Waals surface area contributed by atoms with Crippen LogP contribution in [0.4, 0.5) is 11.4 Å². The number of aliphatic hydroxyl groups excluding tert-OH is 1. The number of halogens is 2. The van der Waals surface area contributed by atoms with Gasteiger partial charge in [-0.1, -0.05) is 23.2 Å². The highest BCUT2D eigenvalue weighted by Crippen LogP contribution is 2.35. The van der Waals surface area contributed by atoms with E-state index in [9.17, 15) is 9.90 Å². The summed E-state index contributed by atoms with van der Waals surface area (Å²) in [4.78, 5) is 14.7. The minimum Gasteiger partial charge on any atom is -0.450 e. The standard InChI is InChI=1S/C19H16Cl2N2O3/c20-10-3-5-12(14(21)8-10)18(25)19-17(22)13-6-4-11(9-15(13)26-19)23-7-1-2-16(23)24/h3-6,8-9,16,24H,1-2,7,22H2. The van der Waals surface area contributed by atoms with E-state index in [1.165, 1.54) is 6.07 Å². The van der Waals surface area contributed by atoms with Crippen LogP contribution < -0.4 is 10.6 Å². The molecular weight excluding hydrogens is 375 g/mol. The number of carbonyl (C=O) groups excluding carboxylic acids is 1. The second kappa shape index (κ2) is 6.50. The molecule has 1 fully saturated rings. The second-order valence-corrected chi connectivity index (χ2v) is 7.14. The Morgan fingerprint density at radius 2 is 2.04 bits per heavy atom. The Morgan fingerprint density at radius 3 is 2.73 bits per heavy atom. The number of aliphatic hydroxyl groups is 1. The van der Waals surface area contributed by atoms with Gasteiger partial charge in [-0.2, -0.15) is 0 Å². The van der Waals surface area contributed by atoms with Gasteiger partial charge in [0.2, 0.25) is 5.78 Å². The van der Waals surface area contributed by atoms with E-state index < -0.39 is 12.0 Å². The Labute approximate surface area is 159 Å². The first-order chi connectivity index (χ1) is 12.5. The third kappa shape index (κ3) is 2.82. The van der Waals surface area contributed by atoms with E-state index in [-0.39, 0.29) is 22.0 Å². The van der Waals surface area contributed by atoms with Crippen molar-refractivity contribution in [3.8, 4) is 0 Å². The number of carbonyl (C=O) groups is 1. The molecular formula is C19H16Cl2N2O3. The van der Waals surface area contributed by atoms with Crippen LogP contribution in [0.2, 0.25) is 10.0 Å². The van der Waals surface area contributed by atoms with E-state index in [1.807, 2.05) is 11.0 Å². The number of nitrogen functional groups attached to an aromatic ring is 1. The van der Waals surface area contributed by atoms with Crippen LogP contribution in [0.5, 0.6) is 0 Å². The third-order valence-electron chi connectivity index (χ3n) is 4.65. The fourth-order valence-corrected chi connectivity index (χ4v) is 3.79. The van der Waals surface area contributed by atoms with E-state index in [2.05, 4.69) is 0 Å². The van der Waals surface area contributed by atoms with Crippen LogP contribution in [0.1, 0.15) is 29.0 Å². The predicted molar refractivity (Wildman–Crippen MR) is 103 cm³/mol. The van der Waals surface area contributed by atoms with Crippen molar-refractivity contribution in [1.29, 1.82) is 0 Å². The average molecular weight is 391 g/mol. The van der Waals surface area contributed by atoms with E-state index >= 15 is 0 Å². The quantitative estimate of drug-likeness (QED) is 0.644. The van der Waals surface area contributed by atoms with E-state index in [4.69, 9.17) is 33.4 Å². The number of fused-ring (bicyclic) bond motifs is 1. The number of nitrogens with two attached hydrogens (primary N) is 1. The molecule has 0 aliphatic carbocycles. The van der Waals surface area contributed by atoms with Crippen LogP contribution in [0.3, 0.4) is 0 Å². The molecule has 3 N–H and O–H groups in total. The van der Waals surface area contributed by atoms with E-state index in [0.717, 1.165) is 25.1 Å². The van der Waals surface area contributed by atoms with E-state index in [0.29, 0.717) is 16.0 Å². The van der Waals surface area contributed by atoms with E-state index in [1.54, 1.807) is 24.3 Å². The highest BCUT2D eigenvalue weighted by atomic mass is 35.5. The number of rotatable bonds is 3. The van der Waals surface area contributed by atoms with Gasteiger partial charge in [-0.15, -0.1) is 0 Å². The molecule has 3 aromatic rings. The summed E-state index contributed by atoms with van der Waals surface area (Å²) in [6, 6.07) is 10.1. The Bertz CT molecular complexity index is 1020. The monoisotopic (exact) mass is 390 g/mol. The zero-order valence-electron chi connectivity index (χ0n) is 13.7. The molecule has 134 valence electrons. The largest absolute Gasteiger partial charge is 0.450 e. The SMILES string of the molecule is Nc1c(C(=O)c2ccc(Cl)cc2Cl)oc2cc(N3CCCC3O)ccc12. The first-order valence-electron chi connectivity index (χ1n) is 8.22. The number of hydrogen-bond donors (Lipinski definition) is 2. The summed E-state index contributed by atoms with van der Waals surface area (Å²) >= 11 is 12.0. The smallest absolute Gasteiger partial charge is 0.231 e. The zero-order valence-corrected chi connectivity index (χ0v) is 15.2. The number of hydrogen-bond acceptors (Lipinski definition) is 5. The van der Waals surface area contributed by atoms with Crippen molar-refractivity contribution in [2.45, 2.75) is 19.1 Å². The van der Waals surface area contributed by atoms with Crippen LogP contribution in [-0.2, 0) is 0 Å². The maximum absolute atomic E-state index is 12.8. The van der Waals surface area contributed by atoms with Crippen molar-refractivity contribution in [1.82, 2.24) is 0 Å². The Balaban J connectivity index is 1.76. The molecule has 0 amide bonds. The first-order valence-corrected chi connectivity index (χ1v) is 8.98. The van der Waals surface area contributed by atoms with Crippen LogP contribution in [-0.4, -0.2) is 23.7 Å². The second-order valence-electron chi connectivity index (χ2n) is 6.29. The van der Waals surface area contributed by atoms with Gasteiger partial charge in [-0.25, -0.2) is 0 Å². The molecule has 1 saturated heterocycles. The Hall–Kier alpha value is -2.21. The topological polar surface area (TPSA) is 79.7 Å². The molecule has 1 aromatic heterocycles. The van der Waals surface area contributed by atoms with Gasteiger partial charge in [-0.05, 0) is 43.2 Å². The van der Waals surface area contributed by atoms with Gasteiger partial charge in [0.1, 0.15) is 11.8 Å². The third-order valence-corrected chi connectivity index (χ3v) is 5.19. The lowest BCUT2D eigenvalue weighted by Gasteiger charge is -2.22. The fourth-order valence-electron chi connectivity index (χ4n) is 3.30. The number of benzene rings is 2. The molecule has 2 heterocycles. The summed E-state index contributed by atoms with van der Waals surface area (Å²) in [7, 11) is 0. The lowest BCUT2D eigenvalue weighted by Crippen LogP contribution is -2.28. The summed E-state index contributed by atoms with van der Waals surface area (Å²) in [5, 5.41) is 11.4. The molecule has 1 aliphatic rings. The van der Waals surface area contributed by atoms with Crippen LogP contribution in [0.15, 0.2) is 40.8 Å². The van der Waals surface area contributed by atoms with Gasteiger partial charge >= 0.3 is 0 Å². The molecule has 0 saturated carbocycles. The summed E-state index contributed by atoms with van der Waals surface area (Å²) in [6.45, 7) is 0.773. The normalized spacial score (nSPS) is 17.2. The van der Waals surface area contributed by atoms with Gasteiger partial charge in [-0.3, -0.25) is 4.79 Å². The van der Waals surface area contributed by atoms with Crippen molar-refractivity contribution in [3.63, 3.8) is 0 Å². The number of ketones is 1. The molecule has 1 atom stereocenters. The summed E-state index contributed by atoms with van der Waals surface area (Å²) < 4.78 is 5.76. The maximum Gasteiger partial charge on any atom is 0.231 e. The van der Waals surface area contributed by atoms with Crippen LogP contribution in [0, 0.1) is 0 Å². The molecule has 26 heavy (non-hydrogen) atoms. The zero-order chi connectivity index (χ0) is 18.4. The summed E-state index contributed by atoms with van der Waals surface area (Å²) in [5.74, 6) is -0.355. The molecule has 7 heteroatoms. The molecule has 1 unspecified atom stereocenters. The molecule has 0 bridgehead atoms. The van der Waals surface area contributed by atoms with Crippen molar-refractivity contribution in [2.24, 2.45) is 0 Å². The molecule has 0 spiro atoms. The van der Waals surface area contributed by atoms with Gasteiger partial charge in [0.15, 0.2) is 5.76 Å². The molecule has 2 aromatic carbocycles. The van der Waals surface area contributed by atoms with Crippen LogP contribution >= 0.6 is 23.2 Å². The molecule has 4 rings (SSSR count). The number of furan rings is 1. The summed E-state index contributed by atoms with van der Waals surface area (Å²) in [6.07, 6.45) is 1.16. The highest BCUT2D eigenvalue weighted by Gasteiger charge is 2.25. The molecule has 1 aliphatic heterocycles. The lowest BCUT2D eigenvalue weighted by molar-refractivity contribution is 0.101. The number of nitrogens with zero attached hydrogens (tertiary/aromatic N) is 1. The minimum absolute atomic E-state index is 0.0448. The van der Waals surface area contributed by atoms with Gasteiger partial charge in [0.25, 0.3) is 0 Å². The van der Waals surface area contributed by atoms with Crippen molar-refractivity contribution in [3.05, 3.63) is 57.8 Å². The Morgan fingerprint density at radius 1 is 1.23 bits per heavy atom. The molecule has 5 nitrogen and oxygen atoms in total. The van der Waals surface area contributed by atoms with Crippen molar-refractivity contribution in [2.75, 3.05) is 17.2 Å². The minimum atomic E-state index is -0.506. The van der Waals surface area contributed by atoms with Gasteiger partial charge < -0.3 is 20.2 Å². The predicted octanol–water partition coefficient (Wildman–Crippen LogP) is 4.47. The molecule has 0 radical (unpaired) electrons. The van der Waals surface area contributed by atoms with Gasteiger partial charge in [0.05, 0.1) is 10.7 Å². The van der Waals surface area contributed by atoms with Crippen molar-refractivity contribution < 1.29 is 14.3 Å². The average Bonchev–Trinajstić information content (AvgIpc) is 3.17. The van der Waals surface area contributed by atoms with Crippen molar-refractivity contribution >= 4 is 51.3 Å². The lowest BCUT2D eigenvalue weighted by atomic mass is 10.1. The summed E-state index contributed by atoms with van der Waals surface area (Å²) in [5.41, 5.74) is 8.01. The fraction of sp³-hybridized carbons (Fsp3) is 0.211. The highest BCUT2D eigenvalue weighted by molar-refractivity contribution is 6.37. The first kappa shape index (κ1) is 17.2.